The van der Waals surface area contributed by atoms with Gasteiger partial charge in [0.1, 0.15) is 0 Å². The minimum Gasteiger partial charge on any atom is -0.391 e. The van der Waals surface area contributed by atoms with Gasteiger partial charge in [0.05, 0.1) is 23.9 Å². The van der Waals surface area contributed by atoms with Gasteiger partial charge in [-0.05, 0) is 19.3 Å². The van der Waals surface area contributed by atoms with Gasteiger partial charge >= 0.3 is 0 Å². The molecule has 4 heteroatoms. The van der Waals surface area contributed by atoms with Crippen LogP contribution in [0.25, 0.3) is 0 Å². The Morgan fingerprint density at radius 1 is 0.700 bits per heavy atom. The SMILES string of the molecule is CCCCC(O)C(N)(C(O)CCCC)C(O)CCCC. The average molecular weight is 289 g/mol. The molecule has 0 spiro atoms. The van der Waals surface area contributed by atoms with Gasteiger partial charge in [0.25, 0.3) is 0 Å². The molecule has 0 radical (unpaired) electrons. The van der Waals surface area contributed by atoms with Crippen LogP contribution in [0, 0.1) is 0 Å². The zero-order valence-electron chi connectivity index (χ0n) is 13.5. The summed E-state index contributed by atoms with van der Waals surface area (Å²) in [5.41, 5.74) is 4.99. The molecule has 0 rings (SSSR count). The molecule has 0 aliphatic heterocycles. The quantitative estimate of drug-likeness (QED) is 0.444. The minimum absolute atomic E-state index is 0.527. The van der Waals surface area contributed by atoms with E-state index in [4.69, 9.17) is 5.73 Å². The molecule has 0 aromatic rings. The highest BCUT2D eigenvalue weighted by Gasteiger charge is 2.45. The highest BCUT2D eigenvalue weighted by atomic mass is 16.3. The van der Waals surface area contributed by atoms with Gasteiger partial charge in [-0.2, -0.15) is 0 Å². The maximum Gasteiger partial charge on any atom is 0.0942 e. The first kappa shape index (κ1) is 19.8. The van der Waals surface area contributed by atoms with Gasteiger partial charge in [0, 0.05) is 0 Å². The van der Waals surface area contributed by atoms with Crippen molar-refractivity contribution < 1.29 is 15.3 Å². The number of unbranched alkanes of at least 4 members (excludes halogenated alkanes) is 3. The van der Waals surface area contributed by atoms with Crippen LogP contribution < -0.4 is 5.73 Å². The van der Waals surface area contributed by atoms with E-state index in [0.717, 1.165) is 38.5 Å². The van der Waals surface area contributed by atoms with Crippen LogP contribution in [0.4, 0.5) is 0 Å². The molecule has 0 aliphatic carbocycles. The molecule has 5 N–H and O–H groups in total. The van der Waals surface area contributed by atoms with Crippen molar-refractivity contribution in [3.63, 3.8) is 0 Å². The van der Waals surface area contributed by atoms with Crippen molar-refractivity contribution >= 4 is 0 Å². The van der Waals surface area contributed by atoms with Crippen LogP contribution in [0.1, 0.15) is 78.6 Å². The van der Waals surface area contributed by atoms with E-state index in [1.54, 1.807) is 0 Å². The van der Waals surface area contributed by atoms with Gasteiger partial charge < -0.3 is 21.1 Å². The molecule has 0 heterocycles. The molecule has 0 amide bonds. The summed E-state index contributed by atoms with van der Waals surface area (Å²) >= 11 is 0. The monoisotopic (exact) mass is 289 g/mol. The molecule has 0 aromatic carbocycles. The Kier molecular flexibility index (Phi) is 10.5. The lowest BCUT2D eigenvalue weighted by atomic mass is 9.76. The second-order valence-corrected chi connectivity index (χ2v) is 5.97. The Balaban J connectivity index is 4.88. The molecule has 0 saturated carbocycles. The second kappa shape index (κ2) is 10.6. The van der Waals surface area contributed by atoms with Gasteiger partial charge in [-0.25, -0.2) is 0 Å². The number of rotatable bonds is 12. The van der Waals surface area contributed by atoms with Crippen molar-refractivity contribution in [3.8, 4) is 0 Å². The lowest BCUT2D eigenvalue weighted by molar-refractivity contribution is -0.0872. The molecule has 0 aliphatic rings. The van der Waals surface area contributed by atoms with E-state index in [-0.39, 0.29) is 0 Å². The number of hydrogen-bond acceptors (Lipinski definition) is 4. The lowest BCUT2D eigenvalue weighted by Crippen LogP contribution is -2.66. The zero-order valence-corrected chi connectivity index (χ0v) is 13.5. The molecule has 0 aromatic heterocycles. The van der Waals surface area contributed by atoms with Crippen molar-refractivity contribution in [1.82, 2.24) is 0 Å². The van der Waals surface area contributed by atoms with Crippen LogP contribution in [0.3, 0.4) is 0 Å². The van der Waals surface area contributed by atoms with E-state index < -0.39 is 23.9 Å². The van der Waals surface area contributed by atoms with Crippen LogP contribution in [0.2, 0.25) is 0 Å². The minimum atomic E-state index is -1.31. The first-order valence-electron chi connectivity index (χ1n) is 8.28. The third kappa shape index (κ3) is 5.68. The van der Waals surface area contributed by atoms with Crippen LogP contribution in [-0.2, 0) is 0 Å². The summed E-state index contributed by atoms with van der Waals surface area (Å²) < 4.78 is 0. The largest absolute Gasteiger partial charge is 0.391 e. The predicted molar refractivity (Wildman–Crippen MR) is 83.5 cm³/mol. The summed E-state index contributed by atoms with van der Waals surface area (Å²) in [4.78, 5) is 0. The Bertz CT molecular complexity index is 200. The van der Waals surface area contributed by atoms with Crippen molar-refractivity contribution in [2.75, 3.05) is 0 Å². The maximum atomic E-state index is 10.4. The topological polar surface area (TPSA) is 86.7 Å². The van der Waals surface area contributed by atoms with Crippen molar-refractivity contribution in [3.05, 3.63) is 0 Å². The smallest absolute Gasteiger partial charge is 0.0942 e. The summed E-state index contributed by atoms with van der Waals surface area (Å²) in [6.45, 7) is 6.14. The zero-order chi connectivity index (χ0) is 15.6. The van der Waals surface area contributed by atoms with Gasteiger partial charge in [-0.15, -0.1) is 0 Å². The highest BCUT2D eigenvalue weighted by molar-refractivity contribution is 5.03. The number of aliphatic hydroxyl groups excluding tert-OH is 3. The van der Waals surface area contributed by atoms with Crippen LogP contribution in [-0.4, -0.2) is 39.2 Å². The Morgan fingerprint density at radius 2 is 0.950 bits per heavy atom. The van der Waals surface area contributed by atoms with Gasteiger partial charge in [0.15, 0.2) is 0 Å². The molecule has 3 unspecified atom stereocenters. The standard InChI is InChI=1S/C16H35NO3/c1-4-7-10-13(18)16(17,14(19)11-8-5-2)15(20)12-9-6-3/h13-15,18-20H,4-12,17H2,1-3H3. The number of nitrogens with two attached hydrogens (primary N) is 1. The van der Waals surface area contributed by atoms with Gasteiger partial charge in [-0.3, -0.25) is 0 Å². The molecule has 122 valence electrons. The van der Waals surface area contributed by atoms with Crippen LogP contribution in [0.15, 0.2) is 0 Å². The normalized spacial score (nSPS) is 19.4. The number of aliphatic hydroxyl groups is 3. The summed E-state index contributed by atoms with van der Waals surface area (Å²) in [5.74, 6) is 0. The first-order chi connectivity index (χ1) is 9.44. The predicted octanol–water partition coefficient (Wildman–Crippen LogP) is 2.34. The average Bonchev–Trinajstić information content (AvgIpc) is 2.46. The molecular weight excluding hydrogens is 254 g/mol. The molecule has 0 bridgehead atoms. The first-order valence-corrected chi connectivity index (χ1v) is 8.28. The van der Waals surface area contributed by atoms with Gasteiger partial charge in [-0.1, -0.05) is 59.3 Å². The molecule has 4 nitrogen and oxygen atoms in total. The van der Waals surface area contributed by atoms with Crippen molar-refractivity contribution in [2.45, 2.75) is 102 Å². The molecule has 0 fully saturated rings. The van der Waals surface area contributed by atoms with Crippen molar-refractivity contribution in [2.24, 2.45) is 5.73 Å². The Labute approximate surface area is 124 Å². The summed E-state index contributed by atoms with van der Waals surface area (Å²) in [6.07, 6.45) is 4.43. The van der Waals surface area contributed by atoms with E-state index in [1.165, 1.54) is 0 Å². The molecular formula is C16H35NO3. The van der Waals surface area contributed by atoms with Crippen molar-refractivity contribution in [1.29, 1.82) is 0 Å². The molecule has 3 atom stereocenters. The lowest BCUT2D eigenvalue weighted by Gasteiger charge is -2.42. The van der Waals surface area contributed by atoms with Crippen LogP contribution in [0.5, 0.6) is 0 Å². The summed E-state index contributed by atoms with van der Waals surface area (Å²) in [5, 5.41) is 31.2. The van der Waals surface area contributed by atoms with E-state index in [2.05, 4.69) is 0 Å². The fraction of sp³-hybridized carbons (Fsp3) is 1.00. The summed E-state index contributed by atoms with van der Waals surface area (Å²) in [7, 11) is 0. The fourth-order valence-electron chi connectivity index (χ4n) is 2.61. The van der Waals surface area contributed by atoms with E-state index >= 15 is 0 Å². The molecule has 0 saturated heterocycles. The number of hydrogen-bond donors (Lipinski definition) is 4. The molecule has 20 heavy (non-hydrogen) atoms. The van der Waals surface area contributed by atoms with E-state index in [1.807, 2.05) is 20.8 Å². The van der Waals surface area contributed by atoms with Gasteiger partial charge in [0.2, 0.25) is 0 Å². The maximum absolute atomic E-state index is 10.4. The third-order valence-electron chi connectivity index (χ3n) is 4.22. The van der Waals surface area contributed by atoms with E-state index in [9.17, 15) is 15.3 Å². The summed E-state index contributed by atoms with van der Waals surface area (Å²) in [6, 6.07) is 0. The van der Waals surface area contributed by atoms with E-state index in [0.29, 0.717) is 19.3 Å². The Morgan fingerprint density at radius 3 is 1.15 bits per heavy atom. The second-order valence-electron chi connectivity index (χ2n) is 5.97. The van der Waals surface area contributed by atoms with Crippen LogP contribution >= 0.6 is 0 Å². The third-order valence-corrected chi connectivity index (χ3v) is 4.22. The highest BCUT2D eigenvalue weighted by Crippen LogP contribution is 2.27. The fourth-order valence-corrected chi connectivity index (χ4v) is 2.61. The Hall–Kier alpha value is -0.160.